The van der Waals surface area contributed by atoms with Crippen LogP contribution in [0.5, 0.6) is 11.5 Å². The second-order valence-corrected chi connectivity index (χ2v) is 4.80. The van der Waals surface area contributed by atoms with Gasteiger partial charge < -0.3 is 20.5 Å². The molecular formula is C14H21N3O3. The third-order valence-corrected chi connectivity index (χ3v) is 3.41. The Kier molecular flexibility index (Phi) is 4.81. The van der Waals surface area contributed by atoms with E-state index in [-0.39, 0.29) is 11.9 Å². The zero-order valence-corrected chi connectivity index (χ0v) is 11.9. The van der Waals surface area contributed by atoms with E-state index in [9.17, 15) is 4.79 Å². The Morgan fingerprint density at radius 2 is 2.20 bits per heavy atom. The van der Waals surface area contributed by atoms with Crippen molar-refractivity contribution in [2.75, 3.05) is 40.4 Å². The van der Waals surface area contributed by atoms with Crippen molar-refractivity contribution < 1.29 is 14.3 Å². The number of nitrogens with two attached hydrogens (primary N) is 1. The Morgan fingerprint density at radius 1 is 1.40 bits per heavy atom. The largest absolute Gasteiger partial charge is 0.497 e. The number of nitrogens with one attached hydrogen (secondary N) is 1. The Labute approximate surface area is 118 Å². The number of piperazine rings is 1. The molecule has 0 saturated carbocycles. The zero-order valence-electron chi connectivity index (χ0n) is 11.9. The van der Waals surface area contributed by atoms with E-state index in [2.05, 4.69) is 5.32 Å². The standard InChI is InChI=1S/C14H21N3O3/c1-19-10-3-4-13(20-2)11(7-10)12(15)8-17-6-5-16-14(18)9-17/h3-4,7,12H,5-6,8-9,15H2,1-2H3,(H,16,18). The number of methoxy groups -OCH3 is 2. The lowest BCUT2D eigenvalue weighted by atomic mass is 10.0. The summed E-state index contributed by atoms with van der Waals surface area (Å²) < 4.78 is 10.6. The minimum absolute atomic E-state index is 0.0426. The first-order valence-electron chi connectivity index (χ1n) is 6.60. The summed E-state index contributed by atoms with van der Waals surface area (Å²) in [5.74, 6) is 1.52. The molecule has 1 atom stereocenters. The first-order valence-corrected chi connectivity index (χ1v) is 6.60. The molecule has 0 aromatic heterocycles. The second kappa shape index (κ2) is 6.58. The molecule has 1 fully saturated rings. The van der Waals surface area contributed by atoms with Gasteiger partial charge in [0, 0.05) is 31.2 Å². The van der Waals surface area contributed by atoms with Crippen LogP contribution in [0.15, 0.2) is 18.2 Å². The summed E-state index contributed by atoms with van der Waals surface area (Å²) in [6.07, 6.45) is 0. The lowest BCUT2D eigenvalue weighted by Crippen LogP contribution is -2.49. The highest BCUT2D eigenvalue weighted by Gasteiger charge is 2.21. The van der Waals surface area contributed by atoms with Crippen molar-refractivity contribution in [2.24, 2.45) is 5.73 Å². The van der Waals surface area contributed by atoms with E-state index in [1.54, 1.807) is 14.2 Å². The van der Waals surface area contributed by atoms with Gasteiger partial charge in [-0.15, -0.1) is 0 Å². The van der Waals surface area contributed by atoms with Crippen LogP contribution in [-0.2, 0) is 4.79 Å². The van der Waals surface area contributed by atoms with Crippen LogP contribution in [0.25, 0.3) is 0 Å². The molecule has 1 aliphatic heterocycles. The maximum atomic E-state index is 11.4. The average molecular weight is 279 g/mol. The molecular weight excluding hydrogens is 258 g/mol. The predicted molar refractivity (Wildman–Crippen MR) is 75.9 cm³/mol. The average Bonchev–Trinajstić information content (AvgIpc) is 2.46. The number of nitrogens with zero attached hydrogens (tertiary/aromatic N) is 1. The van der Waals surface area contributed by atoms with E-state index < -0.39 is 0 Å². The number of hydrogen-bond acceptors (Lipinski definition) is 5. The van der Waals surface area contributed by atoms with Crippen LogP contribution in [0, 0.1) is 0 Å². The second-order valence-electron chi connectivity index (χ2n) is 4.80. The molecule has 1 unspecified atom stereocenters. The highest BCUT2D eigenvalue weighted by Crippen LogP contribution is 2.28. The van der Waals surface area contributed by atoms with Crippen molar-refractivity contribution in [1.82, 2.24) is 10.2 Å². The summed E-state index contributed by atoms with van der Waals surface area (Å²) in [5, 5.41) is 2.80. The fourth-order valence-electron chi connectivity index (χ4n) is 2.35. The molecule has 0 bridgehead atoms. The minimum Gasteiger partial charge on any atom is -0.497 e. The van der Waals surface area contributed by atoms with E-state index in [1.807, 2.05) is 23.1 Å². The molecule has 1 saturated heterocycles. The number of carbonyl (C=O) groups is 1. The minimum atomic E-state index is -0.231. The molecule has 1 aliphatic rings. The first kappa shape index (κ1) is 14.6. The monoisotopic (exact) mass is 279 g/mol. The van der Waals surface area contributed by atoms with Crippen LogP contribution in [0.2, 0.25) is 0 Å². The van der Waals surface area contributed by atoms with Crippen molar-refractivity contribution in [3.63, 3.8) is 0 Å². The van der Waals surface area contributed by atoms with Gasteiger partial charge in [-0.3, -0.25) is 9.69 Å². The van der Waals surface area contributed by atoms with Gasteiger partial charge >= 0.3 is 0 Å². The summed E-state index contributed by atoms with van der Waals surface area (Å²) >= 11 is 0. The topological polar surface area (TPSA) is 76.8 Å². The van der Waals surface area contributed by atoms with Crippen LogP contribution in [0.4, 0.5) is 0 Å². The first-order chi connectivity index (χ1) is 9.63. The normalized spacial score (nSPS) is 17.4. The van der Waals surface area contributed by atoms with E-state index in [0.717, 1.165) is 23.6 Å². The summed E-state index contributed by atoms with van der Waals surface area (Å²) in [7, 11) is 3.23. The van der Waals surface area contributed by atoms with Gasteiger partial charge in [-0.1, -0.05) is 0 Å². The molecule has 0 aliphatic carbocycles. The van der Waals surface area contributed by atoms with Crippen LogP contribution in [0.3, 0.4) is 0 Å². The lowest BCUT2D eigenvalue weighted by Gasteiger charge is -2.29. The van der Waals surface area contributed by atoms with Crippen LogP contribution >= 0.6 is 0 Å². The van der Waals surface area contributed by atoms with Gasteiger partial charge in [0.05, 0.1) is 20.8 Å². The summed E-state index contributed by atoms with van der Waals surface area (Å²) in [4.78, 5) is 13.4. The highest BCUT2D eigenvalue weighted by molar-refractivity contribution is 5.78. The van der Waals surface area contributed by atoms with Crippen molar-refractivity contribution in [1.29, 1.82) is 0 Å². The van der Waals surface area contributed by atoms with E-state index in [1.165, 1.54) is 0 Å². The molecule has 2 rings (SSSR count). The third kappa shape index (κ3) is 3.40. The van der Waals surface area contributed by atoms with Crippen molar-refractivity contribution in [3.05, 3.63) is 23.8 Å². The van der Waals surface area contributed by atoms with Crippen molar-refractivity contribution in [3.8, 4) is 11.5 Å². The molecule has 1 heterocycles. The zero-order chi connectivity index (χ0) is 14.5. The Hall–Kier alpha value is -1.79. The molecule has 1 aromatic rings. The van der Waals surface area contributed by atoms with Gasteiger partial charge in [-0.05, 0) is 18.2 Å². The maximum absolute atomic E-state index is 11.4. The molecule has 0 spiro atoms. The van der Waals surface area contributed by atoms with Crippen molar-refractivity contribution in [2.45, 2.75) is 6.04 Å². The molecule has 6 nitrogen and oxygen atoms in total. The van der Waals surface area contributed by atoms with Crippen LogP contribution < -0.4 is 20.5 Å². The van der Waals surface area contributed by atoms with Gasteiger partial charge in [-0.2, -0.15) is 0 Å². The SMILES string of the molecule is COc1ccc(OC)c(C(N)CN2CCNC(=O)C2)c1. The molecule has 6 heteroatoms. The molecule has 1 aromatic carbocycles. The van der Waals surface area contributed by atoms with Gasteiger partial charge in [0.25, 0.3) is 0 Å². The van der Waals surface area contributed by atoms with Gasteiger partial charge in [0.15, 0.2) is 0 Å². The Bertz CT molecular complexity index is 479. The smallest absolute Gasteiger partial charge is 0.234 e. The fourth-order valence-corrected chi connectivity index (χ4v) is 2.35. The Balaban J connectivity index is 2.11. The fraction of sp³-hybridized carbons (Fsp3) is 0.500. The number of amides is 1. The van der Waals surface area contributed by atoms with E-state index >= 15 is 0 Å². The summed E-state index contributed by atoms with van der Waals surface area (Å²) in [5.41, 5.74) is 7.15. The third-order valence-electron chi connectivity index (χ3n) is 3.41. The van der Waals surface area contributed by atoms with E-state index in [4.69, 9.17) is 15.2 Å². The summed E-state index contributed by atoms with van der Waals surface area (Å²) in [6.45, 7) is 2.48. The highest BCUT2D eigenvalue weighted by atomic mass is 16.5. The molecule has 3 N–H and O–H groups in total. The van der Waals surface area contributed by atoms with E-state index in [0.29, 0.717) is 19.6 Å². The van der Waals surface area contributed by atoms with Crippen LogP contribution in [0.1, 0.15) is 11.6 Å². The Morgan fingerprint density at radius 3 is 2.85 bits per heavy atom. The lowest BCUT2D eigenvalue weighted by molar-refractivity contribution is -0.124. The maximum Gasteiger partial charge on any atom is 0.234 e. The quantitative estimate of drug-likeness (QED) is 0.801. The molecule has 0 radical (unpaired) electrons. The van der Waals surface area contributed by atoms with Gasteiger partial charge in [0.2, 0.25) is 5.91 Å². The number of carbonyl (C=O) groups excluding carboxylic acids is 1. The number of ether oxygens (including phenoxy) is 2. The molecule has 110 valence electrons. The molecule has 1 amide bonds. The number of rotatable bonds is 5. The predicted octanol–water partition coefficient (Wildman–Crippen LogP) is 0.135. The van der Waals surface area contributed by atoms with Crippen LogP contribution in [-0.4, -0.2) is 51.2 Å². The molecule has 20 heavy (non-hydrogen) atoms. The van der Waals surface area contributed by atoms with Gasteiger partial charge in [0.1, 0.15) is 11.5 Å². The number of hydrogen-bond donors (Lipinski definition) is 2. The summed E-state index contributed by atoms with van der Waals surface area (Å²) in [6, 6.07) is 5.33. The van der Waals surface area contributed by atoms with Crippen molar-refractivity contribution >= 4 is 5.91 Å². The number of benzene rings is 1. The van der Waals surface area contributed by atoms with Gasteiger partial charge in [-0.25, -0.2) is 0 Å².